The van der Waals surface area contributed by atoms with E-state index in [1.165, 1.54) is 27.8 Å². The molecule has 30 heavy (non-hydrogen) atoms. The molecule has 0 radical (unpaired) electrons. The third kappa shape index (κ3) is 5.80. The zero-order chi connectivity index (χ0) is 21.2. The van der Waals surface area contributed by atoms with Gasteiger partial charge in [-0.2, -0.15) is 0 Å². The zero-order valence-corrected chi connectivity index (χ0v) is 19.7. The molecule has 0 heterocycles. The molecule has 0 amide bonds. The van der Waals surface area contributed by atoms with Crippen LogP contribution in [0.25, 0.3) is 11.1 Å². The van der Waals surface area contributed by atoms with Gasteiger partial charge in [-0.25, -0.2) is 0 Å². The molecule has 2 aromatic rings. The maximum atomic E-state index is 5.92. The van der Waals surface area contributed by atoms with Gasteiger partial charge in [-0.1, -0.05) is 42.5 Å². The summed E-state index contributed by atoms with van der Waals surface area (Å²) in [6.45, 7) is 9.36. The van der Waals surface area contributed by atoms with E-state index < -0.39 is 8.80 Å². The molecule has 0 atom stereocenters. The second-order valence-electron chi connectivity index (χ2n) is 7.58. The highest BCUT2D eigenvalue weighted by Gasteiger charge is 2.39. The second kappa shape index (κ2) is 11.8. The molecule has 0 fully saturated rings. The van der Waals surface area contributed by atoms with Crippen LogP contribution in [0.4, 0.5) is 0 Å². The molecule has 0 bridgehead atoms. The summed E-state index contributed by atoms with van der Waals surface area (Å²) in [6, 6.07) is 16.3. The first-order valence-corrected chi connectivity index (χ1v) is 13.3. The molecule has 0 saturated carbocycles. The van der Waals surface area contributed by atoms with Gasteiger partial charge in [0.15, 0.2) is 0 Å². The molecular weight excluding hydrogens is 392 g/mol. The number of aryl methyl sites for hydroxylation is 1. The van der Waals surface area contributed by atoms with Crippen molar-refractivity contribution in [3.8, 4) is 11.1 Å². The molecule has 5 heteroatoms. The Hall–Kier alpha value is -1.50. The van der Waals surface area contributed by atoms with Crippen molar-refractivity contribution in [2.45, 2.75) is 52.5 Å². The average molecular weight is 429 g/mol. The number of hydrogen-bond donors (Lipinski definition) is 0. The molecule has 0 aromatic heterocycles. The number of hydrogen-bond acceptors (Lipinski definition) is 4. The minimum absolute atomic E-state index is 0.623. The molecular formula is C25H36O4Si. The molecule has 0 saturated heterocycles. The third-order valence-corrected chi connectivity index (χ3v) is 8.70. The maximum absolute atomic E-state index is 5.92. The predicted octanol–water partition coefficient (Wildman–Crippen LogP) is 5.65. The van der Waals surface area contributed by atoms with Gasteiger partial charge in [0.2, 0.25) is 0 Å². The molecule has 2 aromatic carbocycles. The van der Waals surface area contributed by atoms with E-state index in [0.717, 1.165) is 44.9 Å². The highest BCUT2D eigenvalue weighted by molar-refractivity contribution is 6.60. The molecule has 1 aliphatic rings. The average Bonchev–Trinajstić information content (AvgIpc) is 3.13. The molecule has 164 valence electrons. The van der Waals surface area contributed by atoms with Crippen LogP contribution in [-0.2, 0) is 30.9 Å². The van der Waals surface area contributed by atoms with Gasteiger partial charge >= 0.3 is 8.80 Å². The molecule has 4 nitrogen and oxygen atoms in total. The largest absolute Gasteiger partial charge is 0.501 e. The van der Waals surface area contributed by atoms with E-state index in [2.05, 4.69) is 42.5 Å². The van der Waals surface area contributed by atoms with Crippen molar-refractivity contribution < 1.29 is 18.0 Å². The first kappa shape index (κ1) is 23.2. The van der Waals surface area contributed by atoms with Crippen LogP contribution in [-0.4, -0.2) is 41.8 Å². The molecule has 0 aliphatic heterocycles. The Morgan fingerprint density at radius 1 is 0.767 bits per heavy atom. The number of ether oxygens (including phenoxy) is 1. The molecule has 0 N–H and O–H groups in total. The summed E-state index contributed by atoms with van der Waals surface area (Å²) in [7, 11) is -2.54. The fraction of sp³-hybridized carbons (Fsp3) is 0.520. The second-order valence-corrected chi connectivity index (χ2v) is 10.3. The van der Waals surface area contributed by atoms with Crippen molar-refractivity contribution in [1.82, 2.24) is 0 Å². The van der Waals surface area contributed by atoms with Crippen LogP contribution in [0.15, 0.2) is 42.5 Å². The van der Waals surface area contributed by atoms with Crippen molar-refractivity contribution in [1.29, 1.82) is 0 Å². The maximum Gasteiger partial charge on any atom is 0.501 e. The monoisotopic (exact) mass is 428 g/mol. The van der Waals surface area contributed by atoms with Crippen molar-refractivity contribution in [2.24, 2.45) is 0 Å². The Balaban J connectivity index is 1.41. The van der Waals surface area contributed by atoms with Gasteiger partial charge < -0.3 is 18.0 Å². The van der Waals surface area contributed by atoms with Crippen LogP contribution in [0.2, 0.25) is 6.04 Å². The van der Waals surface area contributed by atoms with Crippen LogP contribution >= 0.6 is 0 Å². The number of fused-ring (bicyclic) bond motifs is 3. The van der Waals surface area contributed by atoms with Gasteiger partial charge in [0.1, 0.15) is 0 Å². The van der Waals surface area contributed by atoms with Gasteiger partial charge in [0, 0.05) is 39.1 Å². The van der Waals surface area contributed by atoms with Crippen molar-refractivity contribution in [3.05, 3.63) is 59.2 Å². The molecule has 0 unspecified atom stereocenters. The van der Waals surface area contributed by atoms with Gasteiger partial charge in [-0.3, -0.25) is 0 Å². The summed E-state index contributed by atoms with van der Waals surface area (Å²) >= 11 is 0. The standard InChI is InChI=1S/C25H36O4Si/c1-4-27-30(28-5-2,29-6-3)19-11-18-26-17-10-14-21-13-9-16-24-23-15-8-7-12-22(23)20-25(21)24/h7-9,12-13,15-16H,4-6,10-11,14,17-20H2,1-3H3. The van der Waals surface area contributed by atoms with Gasteiger partial charge in [-0.05, 0) is 74.3 Å². The van der Waals surface area contributed by atoms with E-state index in [1.54, 1.807) is 0 Å². The van der Waals surface area contributed by atoms with Crippen LogP contribution in [0.5, 0.6) is 0 Å². The fourth-order valence-electron chi connectivity index (χ4n) is 4.32. The van der Waals surface area contributed by atoms with Crippen molar-refractivity contribution in [3.63, 3.8) is 0 Å². The van der Waals surface area contributed by atoms with Crippen molar-refractivity contribution in [2.75, 3.05) is 33.0 Å². The summed E-state index contributed by atoms with van der Waals surface area (Å²) in [6.07, 6.45) is 4.06. The topological polar surface area (TPSA) is 36.9 Å². The Kier molecular flexibility index (Phi) is 9.09. The van der Waals surface area contributed by atoms with Gasteiger partial charge in [0.05, 0.1) is 0 Å². The normalized spacial score (nSPS) is 12.8. The summed E-state index contributed by atoms with van der Waals surface area (Å²) in [5.41, 5.74) is 7.22. The van der Waals surface area contributed by atoms with Crippen LogP contribution in [0.1, 0.15) is 50.3 Å². The summed E-state index contributed by atoms with van der Waals surface area (Å²) in [4.78, 5) is 0. The number of rotatable bonds is 14. The predicted molar refractivity (Wildman–Crippen MR) is 124 cm³/mol. The summed E-state index contributed by atoms with van der Waals surface area (Å²) < 4.78 is 23.6. The smallest absolute Gasteiger partial charge is 0.381 e. The van der Waals surface area contributed by atoms with Gasteiger partial charge in [0.25, 0.3) is 0 Å². The van der Waals surface area contributed by atoms with Crippen LogP contribution in [0.3, 0.4) is 0 Å². The lowest BCUT2D eigenvalue weighted by molar-refractivity contribution is 0.0658. The minimum Gasteiger partial charge on any atom is -0.381 e. The number of benzene rings is 2. The first-order valence-electron chi connectivity index (χ1n) is 11.4. The fourth-order valence-corrected chi connectivity index (χ4v) is 6.90. The van der Waals surface area contributed by atoms with E-state index in [0.29, 0.717) is 19.8 Å². The Morgan fingerprint density at radius 3 is 2.17 bits per heavy atom. The van der Waals surface area contributed by atoms with E-state index in [-0.39, 0.29) is 0 Å². The minimum atomic E-state index is -2.54. The lowest BCUT2D eigenvalue weighted by Crippen LogP contribution is -2.46. The quantitative estimate of drug-likeness (QED) is 0.246. The van der Waals surface area contributed by atoms with Crippen molar-refractivity contribution >= 4 is 8.80 Å². The SMILES string of the molecule is CCO[Si](CCCOCCCc1cccc2c1Cc1ccccc1-2)(OCC)OCC. The van der Waals surface area contributed by atoms with Crippen LogP contribution in [0, 0.1) is 0 Å². The van der Waals surface area contributed by atoms with Gasteiger partial charge in [-0.15, -0.1) is 0 Å². The van der Waals surface area contributed by atoms with E-state index >= 15 is 0 Å². The summed E-state index contributed by atoms with van der Waals surface area (Å²) in [5, 5.41) is 0. The molecule has 3 rings (SSSR count). The highest BCUT2D eigenvalue weighted by atomic mass is 28.4. The van der Waals surface area contributed by atoms with Crippen LogP contribution < -0.4 is 0 Å². The first-order chi connectivity index (χ1) is 14.7. The van der Waals surface area contributed by atoms with E-state index in [1.807, 2.05) is 20.8 Å². The Labute approximate surface area is 182 Å². The lowest BCUT2D eigenvalue weighted by atomic mass is 9.98. The Bertz CT molecular complexity index is 775. The van der Waals surface area contributed by atoms with E-state index in [9.17, 15) is 0 Å². The molecule has 1 aliphatic carbocycles. The van der Waals surface area contributed by atoms with E-state index in [4.69, 9.17) is 18.0 Å². The highest BCUT2D eigenvalue weighted by Crippen LogP contribution is 2.38. The summed E-state index contributed by atoms with van der Waals surface area (Å²) in [5.74, 6) is 0. The third-order valence-electron chi connectivity index (χ3n) is 5.55. The Morgan fingerprint density at radius 2 is 1.43 bits per heavy atom. The lowest BCUT2D eigenvalue weighted by Gasteiger charge is -2.28. The zero-order valence-electron chi connectivity index (χ0n) is 18.7. The molecule has 0 spiro atoms.